The SMILES string of the molecule is CC(C)N1C2CC1c1ncnn1C2. The summed E-state index contributed by atoms with van der Waals surface area (Å²) in [5, 5.41) is 4.21. The number of hydrogen-bond donors (Lipinski definition) is 0. The third kappa shape index (κ3) is 0.839. The molecule has 13 heavy (non-hydrogen) atoms. The highest BCUT2D eigenvalue weighted by Crippen LogP contribution is 2.43. The zero-order chi connectivity index (χ0) is 9.00. The summed E-state index contributed by atoms with van der Waals surface area (Å²) in [7, 11) is 0. The Morgan fingerprint density at radius 3 is 3.15 bits per heavy atom. The first-order valence-corrected chi connectivity index (χ1v) is 4.92. The third-order valence-electron chi connectivity index (χ3n) is 3.20. The molecule has 2 unspecified atom stereocenters. The standard InChI is InChI=1S/C9H14N4/c1-6(2)13-7-3-8(13)9-10-5-11-12(9)4-7/h5-8H,3-4H2,1-2H3. The van der Waals surface area contributed by atoms with Gasteiger partial charge in [-0.3, -0.25) is 4.90 Å². The van der Waals surface area contributed by atoms with Crippen LogP contribution in [0.3, 0.4) is 0 Å². The van der Waals surface area contributed by atoms with Gasteiger partial charge in [0.1, 0.15) is 12.2 Å². The largest absolute Gasteiger partial charge is 0.286 e. The van der Waals surface area contributed by atoms with Crippen molar-refractivity contribution >= 4 is 0 Å². The Morgan fingerprint density at radius 1 is 1.54 bits per heavy atom. The minimum Gasteiger partial charge on any atom is -0.286 e. The number of rotatable bonds is 1. The second-order valence-electron chi connectivity index (χ2n) is 4.25. The zero-order valence-corrected chi connectivity index (χ0v) is 8.01. The molecule has 2 atom stereocenters. The van der Waals surface area contributed by atoms with Crippen LogP contribution in [0.4, 0.5) is 0 Å². The van der Waals surface area contributed by atoms with Crippen molar-refractivity contribution in [3.8, 4) is 0 Å². The Morgan fingerprint density at radius 2 is 2.38 bits per heavy atom. The summed E-state index contributed by atoms with van der Waals surface area (Å²) < 4.78 is 2.05. The quantitative estimate of drug-likeness (QED) is 0.638. The maximum Gasteiger partial charge on any atom is 0.144 e. The molecular weight excluding hydrogens is 164 g/mol. The third-order valence-corrected chi connectivity index (χ3v) is 3.20. The molecule has 0 spiro atoms. The fraction of sp³-hybridized carbons (Fsp3) is 0.778. The first-order valence-electron chi connectivity index (χ1n) is 4.92. The highest BCUT2D eigenvalue weighted by atomic mass is 15.4. The monoisotopic (exact) mass is 178 g/mol. The van der Waals surface area contributed by atoms with Crippen molar-refractivity contribution in [2.75, 3.05) is 0 Å². The summed E-state index contributed by atoms with van der Waals surface area (Å²) >= 11 is 0. The topological polar surface area (TPSA) is 34.0 Å². The van der Waals surface area contributed by atoms with Gasteiger partial charge in [-0.25, -0.2) is 9.67 Å². The minimum atomic E-state index is 0.543. The Labute approximate surface area is 77.6 Å². The summed E-state index contributed by atoms with van der Waals surface area (Å²) in [6, 6.07) is 1.88. The molecule has 4 rings (SSSR count). The maximum absolute atomic E-state index is 4.32. The fourth-order valence-corrected chi connectivity index (χ4v) is 2.68. The van der Waals surface area contributed by atoms with E-state index in [0.29, 0.717) is 18.1 Å². The summed E-state index contributed by atoms with van der Waals surface area (Å²) in [6.07, 6.45) is 2.95. The average Bonchev–Trinajstić information content (AvgIpc) is 2.47. The van der Waals surface area contributed by atoms with E-state index >= 15 is 0 Å². The molecule has 1 saturated heterocycles. The van der Waals surface area contributed by atoms with E-state index in [2.05, 4.69) is 33.5 Å². The molecule has 4 heteroatoms. The molecule has 4 heterocycles. The maximum atomic E-state index is 4.32. The zero-order valence-electron chi connectivity index (χ0n) is 8.01. The van der Waals surface area contributed by atoms with E-state index < -0.39 is 0 Å². The van der Waals surface area contributed by atoms with E-state index in [1.54, 1.807) is 6.33 Å². The van der Waals surface area contributed by atoms with E-state index in [0.717, 1.165) is 12.4 Å². The number of hydrogen-bond acceptors (Lipinski definition) is 3. The smallest absolute Gasteiger partial charge is 0.144 e. The van der Waals surface area contributed by atoms with Crippen LogP contribution in [0.25, 0.3) is 0 Å². The predicted molar refractivity (Wildman–Crippen MR) is 48.1 cm³/mol. The molecule has 3 aliphatic heterocycles. The number of nitrogens with zero attached hydrogens (tertiary/aromatic N) is 4. The van der Waals surface area contributed by atoms with Crippen molar-refractivity contribution in [2.45, 2.75) is 44.9 Å². The van der Waals surface area contributed by atoms with Crippen LogP contribution in [-0.4, -0.2) is 31.7 Å². The Kier molecular flexibility index (Phi) is 1.34. The van der Waals surface area contributed by atoms with E-state index in [4.69, 9.17) is 0 Å². The van der Waals surface area contributed by atoms with Crippen molar-refractivity contribution in [2.24, 2.45) is 0 Å². The molecule has 0 amide bonds. The van der Waals surface area contributed by atoms with E-state index in [1.807, 2.05) is 0 Å². The lowest BCUT2D eigenvalue weighted by Gasteiger charge is -2.53. The summed E-state index contributed by atoms with van der Waals surface area (Å²) in [5.41, 5.74) is 0. The predicted octanol–water partition coefficient (Wildman–Crippen LogP) is 0.816. The lowest BCUT2D eigenvalue weighted by Crippen LogP contribution is -2.59. The van der Waals surface area contributed by atoms with E-state index in [9.17, 15) is 0 Å². The van der Waals surface area contributed by atoms with Crippen molar-refractivity contribution in [1.29, 1.82) is 0 Å². The molecule has 70 valence electrons. The average molecular weight is 178 g/mol. The molecule has 0 aliphatic carbocycles. The molecular formula is C9H14N4. The molecule has 0 N–H and O–H groups in total. The lowest BCUT2D eigenvalue weighted by molar-refractivity contribution is -0.0552. The van der Waals surface area contributed by atoms with Crippen molar-refractivity contribution in [1.82, 2.24) is 19.7 Å². The van der Waals surface area contributed by atoms with Crippen LogP contribution >= 0.6 is 0 Å². The van der Waals surface area contributed by atoms with Crippen LogP contribution in [0.2, 0.25) is 0 Å². The highest BCUT2D eigenvalue weighted by Gasteiger charge is 2.47. The van der Waals surface area contributed by atoms with Gasteiger partial charge in [0.05, 0.1) is 12.6 Å². The Hall–Kier alpha value is -0.900. The summed E-state index contributed by atoms with van der Waals surface area (Å²) in [5.74, 6) is 1.16. The Bertz CT molecular complexity index is 330. The van der Waals surface area contributed by atoms with Gasteiger partial charge in [0.25, 0.3) is 0 Å². The van der Waals surface area contributed by atoms with Crippen LogP contribution in [0, 0.1) is 0 Å². The van der Waals surface area contributed by atoms with Gasteiger partial charge < -0.3 is 0 Å². The van der Waals surface area contributed by atoms with Gasteiger partial charge >= 0.3 is 0 Å². The van der Waals surface area contributed by atoms with Gasteiger partial charge in [-0.05, 0) is 20.3 Å². The van der Waals surface area contributed by atoms with Gasteiger partial charge in [-0.15, -0.1) is 0 Å². The Balaban J connectivity index is 1.98. The first kappa shape index (κ1) is 7.50. The summed E-state index contributed by atoms with van der Waals surface area (Å²) in [6.45, 7) is 5.54. The number of aromatic nitrogens is 3. The van der Waals surface area contributed by atoms with E-state index in [1.165, 1.54) is 6.42 Å². The van der Waals surface area contributed by atoms with Gasteiger partial charge in [0.2, 0.25) is 0 Å². The van der Waals surface area contributed by atoms with Crippen LogP contribution in [-0.2, 0) is 6.54 Å². The van der Waals surface area contributed by atoms with Crippen LogP contribution in [0.15, 0.2) is 6.33 Å². The van der Waals surface area contributed by atoms with Crippen molar-refractivity contribution in [3.05, 3.63) is 12.2 Å². The van der Waals surface area contributed by atoms with E-state index in [-0.39, 0.29) is 0 Å². The molecule has 0 aromatic carbocycles. The fourth-order valence-electron chi connectivity index (χ4n) is 2.68. The first-order chi connectivity index (χ1) is 6.27. The van der Waals surface area contributed by atoms with Gasteiger partial charge in [-0.2, -0.15) is 5.10 Å². The van der Waals surface area contributed by atoms with Gasteiger partial charge in [0.15, 0.2) is 0 Å². The van der Waals surface area contributed by atoms with Crippen molar-refractivity contribution in [3.63, 3.8) is 0 Å². The van der Waals surface area contributed by atoms with Crippen molar-refractivity contribution < 1.29 is 0 Å². The molecule has 0 radical (unpaired) electrons. The second kappa shape index (κ2) is 2.32. The lowest BCUT2D eigenvalue weighted by atomic mass is 9.87. The molecule has 1 fully saturated rings. The molecule has 2 bridgehead atoms. The minimum absolute atomic E-state index is 0.543. The molecule has 3 aliphatic rings. The molecule has 0 saturated carbocycles. The normalized spacial score (nSPS) is 31.6. The van der Waals surface area contributed by atoms with Crippen LogP contribution in [0.5, 0.6) is 0 Å². The van der Waals surface area contributed by atoms with Gasteiger partial charge in [0, 0.05) is 12.1 Å². The highest BCUT2D eigenvalue weighted by molar-refractivity contribution is 5.10. The van der Waals surface area contributed by atoms with Gasteiger partial charge in [-0.1, -0.05) is 0 Å². The van der Waals surface area contributed by atoms with Crippen LogP contribution in [0.1, 0.15) is 32.1 Å². The molecule has 4 nitrogen and oxygen atoms in total. The van der Waals surface area contributed by atoms with Crippen LogP contribution < -0.4 is 0 Å². The molecule has 1 aromatic rings. The summed E-state index contributed by atoms with van der Waals surface area (Å²) in [4.78, 5) is 6.86. The second-order valence-corrected chi connectivity index (χ2v) is 4.25. The molecule has 1 aromatic heterocycles.